The van der Waals surface area contributed by atoms with Crippen LogP contribution in [0.1, 0.15) is 13.3 Å². The van der Waals surface area contributed by atoms with Crippen molar-refractivity contribution >= 4 is 22.5 Å². The van der Waals surface area contributed by atoms with E-state index in [1.54, 1.807) is 12.5 Å². The van der Waals surface area contributed by atoms with Gasteiger partial charge >= 0.3 is 0 Å². The van der Waals surface area contributed by atoms with E-state index >= 15 is 0 Å². The number of ether oxygens (including phenoxy) is 1. The Labute approximate surface area is 161 Å². The number of amides is 1. The van der Waals surface area contributed by atoms with Gasteiger partial charge in [0.2, 0.25) is 11.8 Å². The second-order valence-corrected chi connectivity index (χ2v) is 7.22. The van der Waals surface area contributed by atoms with Crippen LogP contribution < -0.4 is 10.1 Å². The average molecular weight is 376 g/mol. The second-order valence-electron chi connectivity index (χ2n) is 7.22. The van der Waals surface area contributed by atoms with Gasteiger partial charge in [0, 0.05) is 37.7 Å². The quantitative estimate of drug-likeness (QED) is 0.590. The van der Waals surface area contributed by atoms with Crippen LogP contribution in [0, 0.1) is 5.92 Å². The summed E-state index contributed by atoms with van der Waals surface area (Å²) in [4.78, 5) is 20.9. The summed E-state index contributed by atoms with van der Waals surface area (Å²) in [5, 5.41) is 7.27. The molecule has 1 aliphatic heterocycles. The molecular weight excluding hydrogens is 356 g/mol. The Bertz CT molecular complexity index is 1190. The van der Waals surface area contributed by atoms with Gasteiger partial charge in [0.05, 0.1) is 29.3 Å². The Hall–Kier alpha value is -3.42. The zero-order valence-electron chi connectivity index (χ0n) is 15.7. The van der Waals surface area contributed by atoms with Gasteiger partial charge in [-0.15, -0.1) is 0 Å². The summed E-state index contributed by atoms with van der Waals surface area (Å²) >= 11 is 0. The smallest absolute Gasteiger partial charge is 0.241 e. The molecule has 4 aromatic rings. The van der Waals surface area contributed by atoms with E-state index in [1.165, 1.54) is 0 Å². The van der Waals surface area contributed by atoms with Gasteiger partial charge in [-0.1, -0.05) is 6.07 Å². The number of nitrogens with one attached hydrogen (secondary N) is 1. The number of aromatic nitrogens is 5. The third-order valence-electron chi connectivity index (χ3n) is 5.34. The highest BCUT2D eigenvalue weighted by Gasteiger charge is 2.29. The molecule has 5 heterocycles. The maximum Gasteiger partial charge on any atom is 0.241 e. The number of imidazole rings is 1. The first-order valence-electron chi connectivity index (χ1n) is 9.28. The summed E-state index contributed by atoms with van der Waals surface area (Å²) in [5.74, 6) is 0.715. The fourth-order valence-corrected chi connectivity index (χ4v) is 3.72. The minimum absolute atomic E-state index is 0.0687. The predicted octanol–water partition coefficient (Wildman–Crippen LogP) is 2.19. The van der Waals surface area contributed by atoms with Crippen molar-refractivity contribution in [3.8, 4) is 17.1 Å². The molecule has 8 heteroatoms. The molecule has 0 aromatic carbocycles. The maximum atomic E-state index is 11.6. The highest BCUT2D eigenvalue weighted by molar-refractivity contribution is 5.87. The van der Waals surface area contributed by atoms with Crippen molar-refractivity contribution in [1.82, 2.24) is 29.5 Å². The molecule has 28 heavy (non-hydrogen) atoms. The number of carbonyl (C=O) groups is 1. The fraction of sp³-hybridized carbons (Fsp3) is 0.300. The molecular formula is C20H20N6O2. The number of rotatable bonds is 4. The average Bonchev–Trinajstić information content (AvgIpc) is 3.40. The van der Waals surface area contributed by atoms with Crippen LogP contribution in [-0.4, -0.2) is 42.7 Å². The van der Waals surface area contributed by atoms with Crippen LogP contribution in [0.5, 0.6) is 5.88 Å². The second kappa shape index (κ2) is 6.33. The molecule has 0 aliphatic carbocycles. The first kappa shape index (κ1) is 16.7. The molecule has 1 N–H and O–H groups in total. The molecule has 1 fully saturated rings. The van der Waals surface area contributed by atoms with Crippen LogP contribution in [0.15, 0.2) is 43.0 Å². The van der Waals surface area contributed by atoms with E-state index in [2.05, 4.69) is 15.4 Å². The highest BCUT2D eigenvalue weighted by Crippen LogP contribution is 2.32. The van der Waals surface area contributed by atoms with E-state index in [-0.39, 0.29) is 17.9 Å². The SMILES string of the molecule is CC(Oc1nc(-c2cnn3ccccc23)cc2ncn(C)c12)[C@H]1CNC(=O)C1. The third-order valence-corrected chi connectivity index (χ3v) is 5.34. The van der Waals surface area contributed by atoms with Crippen LogP contribution in [0.25, 0.3) is 27.8 Å². The maximum absolute atomic E-state index is 11.6. The highest BCUT2D eigenvalue weighted by atomic mass is 16.5. The molecule has 1 aliphatic rings. The van der Waals surface area contributed by atoms with Gasteiger partial charge in [-0.3, -0.25) is 4.79 Å². The first-order valence-corrected chi connectivity index (χ1v) is 9.28. The predicted molar refractivity (Wildman–Crippen MR) is 104 cm³/mol. The number of hydrogen-bond donors (Lipinski definition) is 1. The first-order chi connectivity index (χ1) is 13.6. The molecule has 5 rings (SSSR count). The number of nitrogens with zero attached hydrogens (tertiary/aromatic N) is 5. The van der Waals surface area contributed by atoms with E-state index in [0.29, 0.717) is 18.8 Å². The van der Waals surface area contributed by atoms with Crippen LogP contribution >= 0.6 is 0 Å². The van der Waals surface area contributed by atoms with Crippen LogP contribution in [0.3, 0.4) is 0 Å². The molecule has 4 aromatic heterocycles. The lowest BCUT2D eigenvalue weighted by atomic mass is 10.0. The van der Waals surface area contributed by atoms with Crippen LogP contribution in [-0.2, 0) is 11.8 Å². The number of fused-ring (bicyclic) bond motifs is 2. The van der Waals surface area contributed by atoms with E-state index < -0.39 is 0 Å². The zero-order valence-corrected chi connectivity index (χ0v) is 15.7. The Kier molecular flexibility index (Phi) is 3.78. The molecule has 142 valence electrons. The molecule has 8 nitrogen and oxygen atoms in total. The summed E-state index contributed by atoms with van der Waals surface area (Å²) in [7, 11) is 1.92. The Morgan fingerprint density at radius 2 is 2.25 bits per heavy atom. The van der Waals surface area contributed by atoms with E-state index in [9.17, 15) is 4.79 Å². The fourth-order valence-electron chi connectivity index (χ4n) is 3.72. The minimum Gasteiger partial charge on any atom is -0.473 e. The van der Waals surface area contributed by atoms with Crippen LogP contribution in [0.4, 0.5) is 0 Å². The number of pyridine rings is 2. The van der Waals surface area contributed by atoms with Gasteiger partial charge < -0.3 is 14.6 Å². The zero-order chi connectivity index (χ0) is 19.3. The molecule has 0 radical (unpaired) electrons. The topological polar surface area (TPSA) is 86.3 Å². The number of aryl methyl sites for hydroxylation is 1. The van der Waals surface area contributed by atoms with Crippen molar-refractivity contribution in [2.24, 2.45) is 13.0 Å². The monoisotopic (exact) mass is 376 g/mol. The largest absolute Gasteiger partial charge is 0.473 e. The van der Waals surface area contributed by atoms with Crippen molar-refractivity contribution in [2.75, 3.05) is 6.54 Å². The van der Waals surface area contributed by atoms with E-state index in [0.717, 1.165) is 27.8 Å². The molecule has 1 saturated heterocycles. The Morgan fingerprint density at radius 1 is 1.36 bits per heavy atom. The van der Waals surface area contributed by atoms with Crippen molar-refractivity contribution in [1.29, 1.82) is 0 Å². The summed E-state index contributed by atoms with van der Waals surface area (Å²) in [5.41, 5.74) is 4.29. The molecule has 0 bridgehead atoms. The van der Waals surface area contributed by atoms with Gasteiger partial charge in [0.15, 0.2) is 0 Å². The molecule has 0 saturated carbocycles. The lowest BCUT2D eigenvalue weighted by Gasteiger charge is -2.20. The van der Waals surface area contributed by atoms with Gasteiger partial charge in [-0.25, -0.2) is 14.5 Å². The Morgan fingerprint density at radius 3 is 3.07 bits per heavy atom. The van der Waals surface area contributed by atoms with Crippen molar-refractivity contribution < 1.29 is 9.53 Å². The van der Waals surface area contributed by atoms with Gasteiger partial charge in [0.25, 0.3) is 0 Å². The van der Waals surface area contributed by atoms with E-state index in [4.69, 9.17) is 9.72 Å². The van der Waals surface area contributed by atoms with E-state index in [1.807, 2.05) is 53.5 Å². The third kappa shape index (κ3) is 2.69. The molecule has 0 spiro atoms. The van der Waals surface area contributed by atoms with Gasteiger partial charge in [0.1, 0.15) is 11.6 Å². The standard InChI is InChI=1S/C20H20N6O2/c1-12(13-7-18(27)21-9-13)28-20-19-16(22-11-25(19)2)8-15(24-20)14-10-23-26-6-4-3-5-17(14)26/h3-6,8,10-13H,7,9H2,1-2H3,(H,21,27)/t12?,13-/m1/s1. The Balaban J connectivity index is 1.59. The summed E-state index contributed by atoms with van der Waals surface area (Å²) in [6, 6.07) is 7.87. The van der Waals surface area contributed by atoms with Crippen molar-refractivity contribution in [3.05, 3.63) is 43.0 Å². The summed E-state index contributed by atoms with van der Waals surface area (Å²) in [6.45, 7) is 2.61. The number of hydrogen-bond acceptors (Lipinski definition) is 5. The van der Waals surface area contributed by atoms with Gasteiger partial charge in [-0.05, 0) is 25.1 Å². The van der Waals surface area contributed by atoms with Crippen LogP contribution in [0.2, 0.25) is 0 Å². The summed E-state index contributed by atoms with van der Waals surface area (Å²) < 4.78 is 9.98. The molecule has 1 unspecified atom stereocenters. The van der Waals surface area contributed by atoms with Gasteiger partial charge in [-0.2, -0.15) is 5.10 Å². The lowest BCUT2D eigenvalue weighted by molar-refractivity contribution is -0.119. The molecule has 2 atom stereocenters. The molecule has 1 amide bonds. The van der Waals surface area contributed by atoms with Crippen molar-refractivity contribution in [2.45, 2.75) is 19.4 Å². The van der Waals surface area contributed by atoms with Crippen molar-refractivity contribution in [3.63, 3.8) is 0 Å². The lowest BCUT2D eigenvalue weighted by Crippen LogP contribution is -2.26. The minimum atomic E-state index is -0.149. The number of carbonyl (C=O) groups excluding carboxylic acids is 1. The summed E-state index contributed by atoms with van der Waals surface area (Å²) in [6.07, 6.45) is 5.79. The normalized spacial score (nSPS) is 17.9.